The summed E-state index contributed by atoms with van der Waals surface area (Å²) < 4.78 is 86.0. The number of alkyl carbamates (subject to hydrolysis) is 1. The van der Waals surface area contributed by atoms with Crippen LogP contribution in [0, 0.1) is 0 Å². The van der Waals surface area contributed by atoms with Gasteiger partial charge in [-0.05, 0) is 43.0 Å². The fourth-order valence-electron chi connectivity index (χ4n) is 5.31. The average molecular weight is 557 g/mol. The third-order valence-corrected chi connectivity index (χ3v) is 7.28. The minimum absolute atomic E-state index is 0.00321. The van der Waals surface area contributed by atoms with E-state index in [0.717, 1.165) is 37.7 Å². The number of hydrogen-bond donors (Lipinski definition) is 1. The van der Waals surface area contributed by atoms with Gasteiger partial charge in [-0.25, -0.2) is 4.79 Å². The fourth-order valence-corrected chi connectivity index (χ4v) is 5.31. The van der Waals surface area contributed by atoms with Gasteiger partial charge in [-0.3, -0.25) is 4.79 Å². The third-order valence-electron chi connectivity index (χ3n) is 7.28. The number of nitrogens with zero attached hydrogens (tertiary/aromatic N) is 1. The summed E-state index contributed by atoms with van der Waals surface area (Å²) in [5.41, 5.74) is -2.95. The predicted molar refractivity (Wildman–Crippen MR) is 131 cm³/mol. The van der Waals surface area contributed by atoms with Gasteiger partial charge in [-0.15, -0.1) is 0 Å². The summed E-state index contributed by atoms with van der Waals surface area (Å²) in [5, 5.41) is 2.88. The smallest absolute Gasteiger partial charge is 0.416 e. The van der Waals surface area contributed by atoms with Crippen LogP contribution in [-0.4, -0.2) is 41.6 Å². The number of rotatable bonds is 5. The summed E-state index contributed by atoms with van der Waals surface area (Å²) in [6, 6.07) is 9.36. The lowest BCUT2D eigenvalue weighted by Crippen LogP contribution is -2.50. The zero-order valence-corrected chi connectivity index (χ0v) is 21.2. The molecule has 212 valence electrons. The highest BCUT2D eigenvalue weighted by atomic mass is 19.4. The van der Waals surface area contributed by atoms with E-state index in [1.54, 1.807) is 18.2 Å². The number of ether oxygens (including phenoxy) is 1. The van der Waals surface area contributed by atoms with Crippen LogP contribution >= 0.6 is 0 Å². The van der Waals surface area contributed by atoms with Crippen molar-refractivity contribution in [3.05, 3.63) is 70.8 Å². The molecule has 1 aliphatic heterocycles. The van der Waals surface area contributed by atoms with Crippen molar-refractivity contribution in [2.75, 3.05) is 6.54 Å². The Labute approximate surface area is 222 Å². The Morgan fingerprint density at radius 2 is 1.49 bits per heavy atom. The summed E-state index contributed by atoms with van der Waals surface area (Å²) in [4.78, 5) is 27.2. The fraction of sp³-hybridized carbons (Fsp3) is 0.500. The first kappa shape index (κ1) is 28.8. The molecule has 2 aliphatic rings. The molecular weight excluding hydrogens is 526 g/mol. The summed E-state index contributed by atoms with van der Waals surface area (Å²) >= 11 is 0. The van der Waals surface area contributed by atoms with E-state index in [1.807, 2.05) is 12.1 Å². The van der Waals surface area contributed by atoms with Crippen molar-refractivity contribution in [2.24, 2.45) is 0 Å². The lowest BCUT2D eigenvalue weighted by molar-refractivity contribution is -0.143. The maximum absolute atomic E-state index is 13.4. The molecule has 2 fully saturated rings. The van der Waals surface area contributed by atoms with Gasteiger partial charge in [0, 0.05) is 37.0 Å². The number of likely N-dealkylation sites (tertiary alicyclic amines) is 1. The van der Waals surface area contributed by atoms with Crippen molar-refractivity contribution in [1.29, 1.82) is 0 Å². The van der Waals surface area contributed by atoms with Crippen LogP contribution in [-0.2, 0) is 23.5 Å². The molecule has 39 heavy (non-hydrogen) atoms. The number of halogens is 6. The highest BCUT2D eigenvalue weighted by molar-refractivity contribution is 5.95. The van der Waals surface area contributed by atoms with Crippen LogP contribution in [0.25, 0.3) is 0 Å². The number of amides is 2. The monoisotopic (exact) mass is 556 g/mol. The van der Waals surface area contributed by atoms with Gasteiger partial charge in [0.2, 0.25) is 0 Å². The summed E-state index contributed by atoms with van der Waals surface area (Å²) in [6.45, 7) is 0.00923. The minimum atomic E-state index is -5.06. The van der Waals surface area contributed by atoms with Gasteiger partial charge < -0.3 is 15.0 Å². The van der Waals surface area contributed by atoms with Crippen LogP contribution in [0.2, 0.25) is 0 Å². The van der Waals surface area contributed by atoms with Gasteiger partial charge in [0.15, 0.2) is 0 Å². The van der Waals surface area contributed by atoms with Crippen LogP contribution in [0.15, 0.2) is 48.5 Å². The average Bonchev–Trinajstić information content (AvgIpc) is 2.88. The lowest BCUT2D eigenvalue weighted by atomic mass is 9.92. The zero-order chi connectivity index (χ0) is 28.2. The first-order chi connectivity index (χ1) is 18.4. The van der Waals surface area contributed by atoms with Crippen molar-refractivity contribution in [1.82, 2.24) is 10.2 Å². The van der Waals surface area contributed by atoms with Crippen LogP contribution in [0.5, 0.6) is 0 Å². The molecule has 2 aromatic carbocycles. The molecule has 0 radical (unpaired) electrons. The molecule has 4 rings (SSSR count). The maximum atomic E-state index is 13.4. The largest absolute Gasteiger partial charge is 0.446 e. The second-order valence-corrected chi connectivity index (χ2v) is 10.2. The Morgan fingerprint density at radius 1 is 0.872 bits per heavy atom. The predicted octanol–water partition coefficient (Wildman–Crippen LogP) is 7.00. The Kier molecular flexibility index (Phi) is 8.76. The van der Waals surface area contributed by atoms with Gasteiger partial charge in [-0.2, -0.15) is 26.3 Å². The number of nitrogens with one attached hydrogen (secondary N) is 1. The summed E-state index contributed by atoms with van der Waals surface area (Å²) in [5.74, 6) is -0.933. The number of carbonyl (C=O) groups excluding carboxylic acids is 2. The number of piperidine rings is 1. The number of benzene rings is 2. The second-order valence-electron chi connectivity index (χ2n) is 10.2. The summed E-state index contributed by atoms with van der Waals surface area (Å²) in [6.07, 6.45) is -5.63. The quantitative estimate of drug-likeness (QED) is 0.404. The standard InChI is InChI=1S/C28H30F6N2O3/c29-27(30,31)20-14-19(15-21(16-20)28(32,33)34)25(37)36-12-11-24(17-23(36)13-18-7-3-1-4-8-18)39-26(38)35-22-9-5-2-6-10-22/h1,3-4,7-8,14-16,22-24H,2,5-6,9-13,17H2,(H,35,38)/t23-,24+/m1/s1. The van der Waals surface area contributed by atoms with Crippen molar-refractivity contribution >= 4 is 12.0 Å². The van der Waals surface area contributed by atoms with E-state index in [2.05, 4.69) is 5.32 Å². The SMILES string of the molecule is O=C(NC1CCCCC1)O[C@H]1CCN(C(=O)c2cc(C(F)(F)F)cc(C(F)(F)F)c2)[C@H](Cc2ccccc2)C1. The molecule has 5 nitrogen and oxygen atoms in total. The van der Waals surface area contributed by atoms with E-state index in [1.165, 1.54) is 4.90 Å². The Hall–Kier alpha value is -3.24. The van der Waals surface area contributed by atoms with Crippen molar-refractivity contribution < 1.29 is 40.7 Å². The zero-order valence-electron chi connectivity index (χ0n) is 21.2. The Morgan fingerprint density at radius 3 is 2.08 bits per heavy atom. The second kappa shape index (κ2) is 11.9. The minimum Gasteiger partial charge on any atom is -0.446 e. The normalized spacial score (nSPS) is 20.9. The molecule has 1 aliphatic carbocycles. The molecule has 1 saturated heterocycles. The van der Waals surface area contributed by atoms with Crippen LogP contribution in [0.4, 0.5) is 31.1 Å². The van der Waals surface area contributed by atoms with Gasteiger partial charge in [0.25, 0.3) is 5.91 Å². The first-order valence-corrected chi connectivity index (χ1v) is 13.0. The van der Waals surface area contributed by atoms with E-state index in [9.17, 15) is 35.9 Å². The molecule has 2 amide bonds. The number of hydrogen-bond acceptors (Lipinski definition) is 3. The van der Waals surface area contributed by atoms with Crippen molar-refractivity contribution in [3.63, 3.8) is 0 Å². The molecule has 0 spiro atoms. The van der Waals surface area contributed by atoms with Crippen molar-refractivity contribution in [2.45, 2.75) is 81.9 Å². The van der Waals surface area contributed by atoms with E-state index < -0.39 is 53.2 Å². The van der Waals surface area contributed by atoms with Gasteiger partial charge in [0.05, 0.1) is 11.1 Å². The molecule has 11 heteroatoms. The van der Waals surface area contributed by atoms with Crippen LogP contribution < -0.4 is 5.32 Å². The molecule has 1 N–H and O–H groups in total. The van der Waals surface area contributed by atoms with E-state index in [4.69, 9.17) is 4.74 Å². The van der Waals surface area contributed by atoms with Crippen LogP contribution in [0.1, 0.15) is 72.0 Å². The summed E-state index contributed by atoms with van der Waals surface area (Å²) in [7, 11) is 0. The lowest BCUT2D eigenvalue weighted by Gasteiger charge is -2.39. The molecule has 1 saturated carbocycles. The van der Waals surface area contributed by atoms with Gasteiger partial charge >= 0.3 is 18.4 Å². The Balaban J connectivity index is 1.55. The highest BCUT2D eigenvalue weighted by Crippen LogP contribution is 2.37. The van der Waals surface area contributed by atoms with E-state index >= 15 is 0 Å². The molecule has 0 unspecified atom stereocenters. The topological polar surface area (TPSA) is 58.6 Å². The van der Waals surface area contributed by atoms with Crippen molar-refractivity contribution in [3.8, 4) is 0 Å². The number of alkyl halides is 6. The van der Waals surface area contributed by atoms with E-state index in [-0.39, 0.29) is 31.5 Å². The molecule has 2 atom stereocenters. The number of carbonyl (C=O) groups is 2. The molecule has 0 bridgehead atoms. The van der Waals surface area contributed by atoms with Gasteiger partial charge in [-0.1, -0.05) is 49.6 Å². The highest BCUT2D eigenvalue weighted by Gasteiger charge is 2.39. The van der Waals surface area contributed by atoms with Gasteiger partial charge in [0.1, 0.15) is 6.10 Å². The first-order valence-electron chi connectivity index (χ1n) is 13.0. The third kappa shape index (κ3) is 7.67. The van der Waals surface area contributed by atoms with E-state index in [0.29, 0.717) is 18.6 Å². The van der Waals surface area contributed by atoms with Crippen LogP contribution in [0.3, 0.4) is 0 Å². The molecule has 1 heterocycles. The Bertz CT molecular complexity index is 1110. The maximum Gasteiger partial charge on any atom is 0.416 e. The molecular formula is C28H30F6N2O3. The molecule has 0 aromatic heterocycles. The molecule has 2 aromatic rings.